The monoisotopic (exact) mass is 321 g/mol. The number of hydrogen-bond acceptors (Lipinski definition) is 3. The van der Waals surface area contributed by atoms with Gasteiger partial charge < -0.3 is 15.4 Å². The van der Waals surface area contributed by atoms with Gasteiger partial charge in [-0.25, -0.2) is 9.37 Å². The molecule has 1 heterocycles. The van der Waals surface area contributed by atoms with Crippen LogP contribution in [0.4, 0.5) is 4.39 Å². The minimum absolute atomic E-state index is 0.0983. The predicted molar refractivity (Wildman–Crippen MR) is 87.5 cm³/mol. The van der Waals surface area contributed by atoms with Crippen molar-refractivity contribution in [2.75, 3.05) is 6.54 Å². The molecular weight excluding hydrogens is 297 g/mol. The summed E-state index contributed by atoms with van der Waals surface area (Å²) >= 11 is 0. The van der Waals surface area contributed by atoms with Gasteiger partial charge >= 0.3 is 0 Å². The summed E-state index contributed by atoms with van der Waals surface area (Å²) in [6, 6.07) is 4.72. The van der Waals surface area contributed by atoms with E-state index in [9.17, 15) is 14.3 Å². The maximum absolute atomic E-state index is 13.6. The van der Waals surface area contributed by atoms with Crippen molar-refractivity contribution in [2.45, 2.75) is 45.6 Å². The number of aliphatic hydroxyl groups is 1. The van der Waals surface area contributed by atoms with Gasteiger partial charge in [-0.05, 0) is 25.0 Å². The van der Waals surface area contributed by atoms with Gasteiger partial charge in [-0.1, -0.05) is 26.3 Å². The van der Waals surface area contributed by atoms with Gasteiger partial charge in [0.25, 0.3) is 0 Å². The Morgan fingerprint density at radius 1 is 1.52 bits per heavy atom. The average Bonchev–Trinajstić information content (AvgIpc) is 2.94. The Balaban J connectivity index is 1.87. The van der Waals surface area contributed by atoms with Crippen LogP contribution in [0.1, 0.15) is 39.4 Å². The summed E-state index contributed by atoms with van der Waals surface area (Å²) in [6.07, 6.45) is 1.47. The molecule has 6 heteroatoms. The average molecular weight is 321 g/mol. The number of amides is 1. The Labute approximate surface area is 135 Å². The number of carbonyl (C=O) groups is 1. The van der Waals surface area contributed by atoms with Crippen LogP contribution in [0, 0.1) is 11.7 Å². The molecule has 2 aromatic rings. The Morgan fingerprint density at radius 3 is 2.91 bits per heavy atom. The van der Waals surface area contributed by atoms with E-state index in [0.717, 1.165) is 6.42 Å². The van der Waals surface area contributed by atoms with Crippen molar-refractivity contribution in [1.82, 2.24) is 15.3 Å². The second kappa shape index (κ2) is 7.08. The maximum atomic E-state index is 13.6. The van der Waals surface area contributed by atoms with E-state index in [2.05, 4.69) is 15.3 Å². The number of benzene rings is 1. The molecular formula is C17H24FN3O2. The second-order valence-corrected chi connectivity index (χ2v) is 6.26. The van der Waals surface area contributed by atoms with E-state index in [-0.39, 0.29) is 30.6 Å². The largest absolute Gasteiger partial charge is 0.388 e. The summed E-state index contributed by atoms with van der Waals surface area (Å²) in [6.45, 7) is 5.90. The Kier molecular flexibility index (Phi) is 5.36. The number of hydrogen-bond donors (Lipinski definition) is 3. The molecule has 1 aromatic carbocycles. The van der Waals surface area contributed by atoms with E-state index in [1.807, 2.05) is 13.8 Å². The highest BCUT2D eigenvalue weighted by Gasteiger charge is 2.27. The Hall–Kier alpha value is -1.95. The lowest BCUT2D eigenvalue weighted by atomic mass is 9.88. The Bertz CT molecular complexity index is 682. The molecule has 0 aliphatic rings. The van der Waals surface area contributed by atoms with E-state index in [4.69, 9.17) is 0 Å². The number of H-pyrrole nitrogens is 1. The number of carbonyl (C=O) groups excluding carboxylic acids is 1. The topological polar surface area (TPSA) is 78.0 Å². The number of halogens is 1. The summed E-state index contributed by atoms with van der Waals surface area (Å²) in [5.41, 5.74) is -0.00452. The molecule has 0 saturated carbocycles. The molecule has 3 N–H and O–H groups in total. The zero-order valence-electron chi connectivity index (χ0n) is 13.8. The summed E-state index contributed by atoms with van der Waals surface area (Å²) in [5.74, 6) is 0.142. The molecule has 2 unspecified atom stereocenters. The van der Waals surface area contributed by atoms with Crippen molar-refractivity contribution in [3.05, 3.63) is 29.8 Å². The SMILES string of the molecule is CCC(C)C(C)(O)CNC(=O)CCc1nc2c(F)cccc2[nH]1. The highest BCUT2D eigenvalue weighted by Crippen LogP contribution is 2.19. The first-order chi connectivity index (χ1) is 10.8. The van der Waals surface area contributed by atoms with Crippen molar-refractivity contribution >= 4 is 16.9 Å². The molecule has 1 aromatic heterocycles. The Morgan fingerprint density at radius 2 is 2.26 bits per heavy atom. The van der Waals surface area contributed by atoms with Gasteiger partial charge in [0, 0.05) is 19.4 Å². The fourth-order valence-corrected chi connectivity index (χ4v) is 2.38. The molecule has 2 rings (SSSR count). The van der Waals surface area contributed by atoms with Crippen molar-refractivity contribution in [3.8, 4) is 0 Å². The summed E-state index contributed by atoms with van der Waals surface area (Å²) < 4.78 is 13.6. The molecule has 0 spiro atoms. The van der Waals surface area contributed by atoms with Gasteiger partial charge in [-0.2, -0.15) is 0 Å². The van der Waals surface area contributed by atoms with Crippen molar-refractivity contribution in [1.29, 1.82) is 0 Å². The van der Waals surface area contributed by atoms with Gasteiger partial charge in [0.05, 0.1) is 11.1 Å². The molecule has 0 aliphatic carbocycles. The summed E-state index contributed by atoms with van der Waals surface area (Å²) in [7, 11) is 0. The van der Waals surface area contributed by atoms with E-state index >= 15 is 0 Å². The first kappa shape index (κ1) is 17.4. The zero-order valence-corrected chi connectivity index (χ0v) is 13.8. The second-order valence-electron chi connectivity index (χ2n) is 6.26. The van der Waals surface area contributed by atoms with Gasteiger partial charge in [0.1, 0.15) is 11.3 Å². The number of rotatable bonds is 7. The summed E-state index contributed by atoms with van der Waals surface area (Å²) in [5, 5.41) is 13.0. The third-order valence-electron chi connectivity index (χ3n) is 4.42. The van der Waals surface area contributed by atoms with Crippen LogP contribution in [0.25, 0.3) is 11.0 Å². The van der Waals surface area contributed by atoms with Crippen molar-refractivity contribution in [2.24, 2.45) is 5.92 Å². The third-order valence-corrected chi connectivity index (χ3v) is 4.42. The zero-order chi connectivity index (χ0) is 17.0. The molecule has 0 saturated heterocycles. The van der Waals surface area contributed by atoms with Crippen LogP contribution >= 0.6 is 0 Å². The fourth-order valence-electron chi connectivity index (χ4n) is 2.38. The lowest BCUT2D eigenvalue weighted by Crippen LogP contribution is -2.45. The molecule has 5 nitrogen and oxygen atoms in total. The van der Waals surface area contributed by atoms with Crippen molar-refractivity contribution < 1.29 is 14.3 Å². The van der Waals surface area contributed by atoms with E-state index in [1.54, 1.807) is 19.1 Å². The fraction of sp³-hybridized carbons (Fsp3) is 0.529. The van der Waals surface area contributed by atoms with Crippen LogP contribution < -0.4 is 5.32 Å². The molecule has 0 fully saturated rings. The standard InChI is InChI=1S/C17H24FN3O2/c1-4-11(2)17(3,23)10-19-15(22)9-8-14-20-13-7-5-6-12(18)16(13)21-14/h5-7,11,23H,4,8-10H2,1-3H3,(H,19,22)(H,20,21). The van der Waals surface area contributed by atoms with Gasteiger partial charge in [-0.15, -0.1) is 0 Å². The van der Waals surface area contributed by atoms with Crippen LogP contribution in [0.15, 0.2) is 18.2 Å². The van der Waals surface area contributed by atoms with Gasteiger partial charge in [0.15, 0.2) is 5.82 Å². The normalized spacial score (nSPS) is 15.3. The minimum atomic E-state index is -0.924. The number of aromatic amines is 1. The number of para-hydroxylation sites is 1. The molecule has 0 aliphatic heterocycles. The van der Waals surface area contributed by atoms with E-state index in [1.165, 1.54) is 6.07 Å². The highest BCUT2D eigenvalue weighted by molar-refractivity contribution is 5.77. The van der Waals surface area contributed by atoms with Gasteiger partial charge in [0.2, 0.25) is 5.91 Å². The predicted octanol–water partition coefficient (Wildman–Crippen LogP) is 2.55. The third kappa shape index (κ3) is 4.28. The number of aromatic nitrogens is 2. The number of fused-ring (bicyclic) bond motifs is 1. The first-order valence-electron chi connectivity index (χ1n) is 7.95. The van der Waals surface area contributed by atoms with Crippen molar-refractivity contribution in [3.63, 3.8) is 0 Å². The van der Waals surface area contributed by atoms with Crippen LogP contribution in [0.3, 0.4) is 0 Å². The number of nitrogens with zero attached hydrogens (tertiary/aromatic N) is 1. The summed E-state index contributed by atoms with van der Waals surface area (Å²) in [4.78, 5) is 19.1. The molecule has 0 bridgehead atoms. The lowest BCUT2D eigenvalue weighted by molar-refractivity contribution is -0.122. The number of aryl methyl sites for hydroxylation is 1. The molecule has 23 heavy (non-hydrogen) atoms. The number of nitrogens with one attached hydrogen (secondary N) is 2. The quantitative estimate of drug-likeness (QED) is 0.733. The van der Waals surface area contributed by atoms with Crippen LogP contribution in [0.5, 0.6) is 0 Å². The minimum Gasteiger partial charge on any atom is -0.388 e. The van der Waals surface area contributed by atoms with Crippen LogP contribution in [0.2, 0.25) is 0 Å². The number of imidazole rings is 1. The first-order valence-corrected chi connectivity index (χ1v) is 7.95. The smallest absolute Gasteiger partial charge is 0.220 e. The van der Waals surface area contributed by atoms with E-state index < -0.39 is 5.60 Å². The molecule has 126 valence electrons. The van der Waals surface area contributed by atoms with E-state index in [0.29, 0.717) is 23.3 Å². The van der Waals surface area contributed by atoms with Gasteiger partial charge in [-0.3, -0.25) is 4.79 Å². The van der Waals surface area contributed by atoms with Crippen LogP contribution in [-0.4, -0.2) is 33.1 Å². The molecule has 0 radical (unpaired) electrons. The molecule has 1 amide bonds. The highest BCUT2D eigenvalue weighted by atomic mass is 19.1. The van der Waals surface area contributed by atoms with Crippen LogP contribution in [-0.2, 0) is 11.2 Å². The maximum Gasteiger partial charge on any atom is 0.220 e. The lowest BCUT2D eigenvalue weighted by Gasteiger charge is -2.29. The molecule has 2 atom stereocenters.